The van der Waals surface area contributed by atoms with Gasteiger partial charge in [0.25, 0.3) is 0 Å². The van der Waals surface area contributed by atoms with E-state index in [2.05, 4.69) is 17.6 Å². The molecule has 16 heavy (non-hydrogen) atoms. The Hall–Kier alpha value is -2.08. The molecule has 2 heterocycles. The number of hydrogen-bond acceptors (Lipinski definition) is 2. The van der Waals surface area contributed by atoms with Crippen LogP contribution in [0.2, 0.25) is 0 Å². The zero-order valence-corrected chi connectivity index (χ0v) is 9.49. The molecule has 0 aliphatic heterocycles. The van der Waals surface area contributed by atoms with Crippen LogP contribution in [0, 0.1) is 25.2 Å². The lowest BCUT2D eigenvalue weighted by molar-refractivity contribution is 1.06. The smallest absolute Gasteiger partial charge is 0.155 e. The number of aryl methyl sites for hydroxylation is 2. The quantitative estimate of drug-likeness (QED) is 0.716. The molecule has 0 aliphatic rings. The molecule has 2 rings (SSSR count). The fraction of sp³-hybridized carbons (Fsp3) is 0.231. The molecule has 2 aromatic rings. The number of rotatable bonds is 2. The van der Waals surface area contributed by atoms with E-state index in [0.717, 1.165) is 29.0 Å². The van der Waals surface area contributed by atoms with Crippen molar-refractivity contribution in [2.75, 3.05) is 0 Å². The minimum atomic E-state index is 0.654. The van der Waals surface area contributed by atoms with Crippen molar-refractivity contribution in [3.8, 4) is 6.07 Å². The van der Waals surface area contributed by atoms with Gasteiger partial charge in [0, 0.05) is 18.3 Å². The molecule has 0 atom stereocenters. The van der Waals surface area contributed by atoms with Gasteiger partial charge in [-0.3, -0.25) is 0 Å². The summed E-state index contributed by atoms with van der Waals surface area (Å²) in [5.74, 6) is 0. The SMILES string of the molecule is C=CCc1nc2c(C#N)c(C)ccn2c1C. The molecule has 80 valence electrons. The summed E-state index contributed by atoms with van der Waals surface area (Å²) < 4.78 is 1.96. The topological polar surface area (TPSA) is 41.1 Å². The number of allylic oxidation sites excluding steroid dienone is 1. The van der Waals surface area contributed by atoms with E-state index in [-0.39, 0.29) is 0 Å². The molecule has 0 spiro atoms. The van der Waals surface area contributed by atoms with E-state index in [1.54, 1.807) is 0 Å². The first-order valence-electron chi connectivity index (χ1n) is 5.17. The van der Waals surface area contributed by atoms with E-state index in [9.17, 15) is 0 Å². The second-order valence-corrected chi connectivity index (χ2v) is 3.82. The van der Waals surface area contributed by atoms with E-state index < -0.39 is 0 Å². The van der Waals surface area contributed by atoms with Crippen LogP contribution in [0.3, 0.4) is 0 Å². The van der Waals surface area contributed by atoms with Crippen molar-refractivity contribution >= 4 is 5.65 Å². The number of imidazole rings is 1. The number of hydrogen-bond donors (Lipinski definition) is 0. The molecule has 2 aromatic heterocycles. The summed E-state index contributed by atoms with van der Waals surface area (Å²) in [6.07, 6.45) is 4.52. The molecule has 0 fully saturated rings. The van der Waals surface area contributed by atoms with Crippen molar-refractivity contribution in [3.63, 3.8) is 0 Å². The first kappa shape index (κ1) is 10.4. The maximum Gasteiger partial charge on any atom is 0.155 e. The Bertz CT molecular complexity index is 600. The van der Waals surface area contributed by atoms with Gasteiger partial charge in [0.05, 0.1) is 11.3 Å². The summed E-state index contributed by atoms with van der Waals surface area (Å²) >= 11 is 0. The van der Waals surface area contributed by atoms with E-state index in [1.165, 1.54) is 0 Å². The molecule has 0 bridgehead atoms. The van der Waals surface area contributed by atoms with E-state index in [1.807, 2.05) is 36.6 Å². The molecular formula is C13H13N3. The zero-order chi connectivity index (χ0) is 11.7. The highest BCUT2D eigenvalue weighted by atomic mass is 15.0. The van der Waals surface area contributed by atoms with Gasteiger partial charge in [-0.25, -0.2) is 4.98 Å². The number of nitrogens with zero attached hydrogens (tertiary/aromatic N) is 3. The van der Waals surface area contributed by atoms with Crippen molar-refractivity contribution in [3.05, 3.63) is 47.4 Å². The number of fused-ring (bicyclic) bond motifs is 1. The molecular weight excluding hydrogens is 198 g/mol. The van der Waals surface area contributed by atoms with Gasteiger partial charge < -0.3 is 4.40 Å². The van der Waals surface area contributed by atoms with Crippen molar-refractivity contribution in [2.45, 2.75) is 20.3 Å². The van der Waals surface area contributed by atoms with Gasteiger partial charge in [-0.05, 0) is 25.5 Å². The average Bonchev–Trinajstić information content (AvgIpc) is 2.57. The Kier molecular flexibility index (Phi) is 2.49. The Labute approximate surface area is 94.7 Å². The van der Waals surface area contributed by atoms with Crippen LogP contribution in [-0.2, 0) is 6.42 Å². The monoisotopic (exact) mass is 211 g/mol. The van der Waals surface area contributed by atoms with Crippen LogP contribution < -0.4 is 0 Å². The molecule has 0 saturated heterocycles. The van der Waals surface area contributed by atoms with Crippen LogP contribution in [0.5, 0.6) is 0 Å². The summed E-state index contributed by atoms with van der Waals surface area (Å²) in [7, 11) is 0. The maximum absolute atomic E-state index is 9.12. The molecule has 0 saturated carbocycles. The minimum absolute atomic E-state index is 0.654. The number of nitriles is 1. The Morgan fingerprint density at radius 2 is 2.31 bits per heavy atom. The first-order valence-corrected chi connectivity index (χ1v) is 5.17. The van der Waals surface area contributed by atoms with Gasteiger partial charge >= 0.3 is 0 Å². The third-order valence-corrected chi connectivity index (χ3v) is 2.79. The van der Waals surface area contributed by atoms with Crippen molar-refractivity contribution in [2.24, 2.45) is 0 Å². The largest absolute Gasteiger partial charge is 0.303 e. The minimum Gasteiger partial charge on any atom is -0.303 e. The predicted molar refractivity (Wildman–Crippen MR) is 63.3 cm³/mol. The standard InChI is InChI=1S/C13H13N3/c1-4-5-12-10(3)16-7-6-9(2)11(8-14)13(16)15-12/h4,6-7H,1,5H2,2-3H3. The van der Waals surface area contributed by atoms with Crippen LogP contribution in [0.15, 0.2) is 24.9 Å². The molecule has 3 heteroatoms. The van der Waals surface area contributed by atoms with E-state index in [4.69, 9.17) is 5.26 Å². The zero-order valence-electron chi connectivity index (χ0n) is 9.49. The molecule has 0 aliphatic carbocycles. The fourth-order valence-electron chi connectivity index (χ4n) is 1.83. The molecule has 0 radical (unpaired) electrons. The highest BCUT2D eigenvalue weighted by molar-refractivity contribution is 5.60. The molecule has 3 nitrogen and oxygen atoms in total. The third kappa shape index (κ3) is 1.40. The van der Waals surface area contributed by atoms with Gasteiger partial charge in [-0.2, -0.15) is 5.26 Å². The van der Waals surface area contributed by atoms with Gasteiger partial charge in [-0.15, -0.1) is 6.58 Å². The van der Waals surface area contributed by atoms with Gasteiger partial charge in [-0.1, -0.05) is 6.08 Å². The second kappa shape index (κ2) is 3.82. The number of aromatic nitrogens is 2. The lowest BCUT2D eigenvalue weighted by atomic mass is 10.2. The van der Waals surface area contributed by atoms with E-state index in [0.29, 0.717) is 5.56 Å². The van der Waals surface area contributed by atoms with Crippen LogP contribution in [0.25, 0.3) is 5.65 Å². The number of pyridine rings is 1. The summed E-state index contributed by atoms with van der Waals surface area (Å²) in [5.41, 5.74) is 4.42. The van der Waals surface area contributed by atoms with Crippen molar-refractivity contribution < 1.29 is 0 Å². The van der Waals surface area contributed by atoms with Crippen molar-refractivity contribution in [1.82, 2.24) is 9.38 Å². The molecule has 0 amide bonds. The highest BCUT2D eigenvalue weighted by Gasteiger charge is 2.11. The van der Waals surface area contributed by atoms with Gasteiger partial charge in [0.1, 0.15) is 6.07 Å². The van der Waals surface area contributed by atoms with Crippen LogP contribution >= 0.6 is 0 Å². The maximum atomic E-state index is 9.12. The Morgan fingerprint density at radius 3 is 2.94 bits per heavy atom. The normalized spacial score (nSPS) is 10.3. The van der Waals surface area contributed by atoms with Crippen LogP contribution in [0.4, 0.5) is 0 Å². The Morgan fingerprint density at radius 1 is 1.56 bits per heavy atom. The average molecular weight is 211 g/mol. The first-order chi connectivity index (χ1) is 7.69. The van der Waals surface area contributed by atoms with Gasteiger partial charge in [0.2, 0.25) is 0 Å². The molecule has 0 N–H and O–H groups in total. The fourth-order valence-corrected chi connectivity index (χ4v) is 1.83. The van der Waals surface area contributed by atoms with Gasteiger partial charge in [0.15, 0.2) is 5.65 Å². The van der Waals surface area contributed by atoms with E-state index >= 15 is 0 Å². The summed E-state index contributed by atoms with van der Waals surface area (Å²) in [6, 6.07) is 4.15. The predicted octanol–water partition coefficient (Wildman–Crippen LogP) is 2.55. The molecule has 0 unspecified atom stereocenters. The summed E-state index contributed by atoms with van der Waals surface area (Å²) in [4.78, 5) is 4.50. The van der Waals surface area contributed by atoms with Crippen LogP contribution in [-0.4, -0.2) is 9.38 Å². The lowest BCUT2D eigenvalue weighted by Gasteiger charge is -2.00. The lowest BCUT2D eigenvalue weighted by Crippen LogP contribution is -1.93. The summed E-state index contributed by atoms with van der Waals surface area (Å²) in [6.45, 7) is 7.65. The van der Waals surface area contributed by atoms with Crippen molar-refractivity contribution in [1.29, 1.82) is 5.26 Å². The highest BCUT2D eigenvalue weighted by Crippen LogP contribution is 2.18. The second-order valence-electron chi connectivity index (χ2n) is 3.82. The Balaban J connectivity index is 2.81. The third-order valence-electron chi connectivity index (χ3n) is 2.79. The van der Waals surface area contributed by atoms with Crippen LogP contribution in [0.1, 0.15) is 22.5 Å². The molecule has 0 aromatic carbocycles. The summed E-state index contributed by atoms with van der Waals surface area (Å²) in [5, 5.41) is 9.12.